The molecule has 2 N–H and O–H groups in total. The number of halogens is 3. The molecule has 9 nitrogen and oxygen atoms in total. The second-order valence-electron chi connectivity index (χ2n) is 10.4. The van der Waals surface area contributed by atoms with E-state index in [0.717, 1.165) is 0 Å². The van der Waals surface area contributed by atoms with E-state index < -0.39 is 29.7 Å². The second-order valence-corrected chi connectivity index (χ2v) is 11.2. The first-order chi connectivity index (χ1) is 20.6. The van der Waals surface area contributed by atoms with Crippen LogP contribution in [-0.4, -0.2) is 68.1 Å². The monoisotopic (exact) mass is 628 g/mol. The molecule has 5 rings (SSSR count). The summed E-state index contributed by atoms with van der Waals surface area (Å²) < 4.78 is 26.5. The summed E-state index contributed by atoms with van der Waals surface area (Å²) in [4.78, 5) is 41.4. The number of anilines is 2. The lowest BCUT2D eigenvalue weighted by Gasteiger charge is -2.35. The molecule has 2 atom stereocenters. The van der Waals surface area contributed by atoms with E-state index >= 15 is 4.39 Å². The minimum Gasteiger partial charge on any atom is -0.482 e. The summed E-state index contributed by atoms with van der Waals surface area (Å²) in [7, 11) is 0. The maximum Gasteiger partial charge on any atom is 0.265 e. The van der Waals surface area contributed by atoms with Crippen LogP contribution in [0.1, 0.15) is 25.5 Å². The van der Waals surface area contributed by atoms with Crippen molar-refractivity contribution in [3.8, 4) is 16.9 Å². The molecular formula is C31H31Cl2FN4O5. The van der Waals surface area contributed by atoms with Crippen molar-refractivity contribution in [2.45, 2.75) is 25.9 Å². The minimum absolute atomic E-state index is 0.193. The average molecular weight is 630 g/mol. The molecule has 226 valence electrons. The maximum atomic E-state index is 15.6. The summed E-state index contributed by atoms with van der Waals surface area (Å²) in [6.07, 6.45) is 0. The number of hydrogen-bond acceptors (Lipinski definition) is 6. The highest BCUT2D eigenvalue weighted by Crippen LogP contribution is 2.40. The van der Waals surface area contributed by atoms with Crippen LogP contribution in [0.5, 0.6) is 5.75 Å². The molecule has 12 heteroatoms. The highest BCUT2D eigenvalue weighted by atomic mass is 35.5. The van der Waals surface area contributed by atoms with E-state index in [-0.39, 0.29) is 22.6 Å². The van der Waals surface area contributed by atoms with Crippen LogP contribution in [0.3, 0.4) is 0 Å². The van der Waals surface area contributed by atoms with Crippen LogP contribution in [0, 0.1) is 5.82 Å². The number of rotatable bonds is 8. The molecule has 0 spiro atoms. The van der Waals surface area contributed by atoms with Gasteiger partial charge < -0.3 is 20.1 Å². The van der Waals surface area contributed by atoms with E-state index in [4.69, 9.17) is 32.7 Å². The zero-order valence-electron chi connectivity index (χ0n) is 23.7. The first-order valence-corrected chi connectivity index (χ1v) is 14.6. The Hall–Kier alpha value is -3.70. The van der Waals surface area contributed by atoms with E-state index in [1.165, 1.54) is 30.0 Å². The summed E-state index contributed by atoms with van der Waals surface area (Å²) in [5.41, 5.74) is 2.56. The van der Waals surface area contributed by atoms with E-state index in [1.54, 1.807) is 43.3 Å². The normalized spacial score (nSPS) is 16.6. The lowest BCUT2D eigenvalue weighted by Crippen LogP contribution is -2.53. The molecule has 0 bridgehead atoms. The largest absolute Gasteiger partial charge is 0.482 e. The zero-order chi connectivity index (χ0) is 30.7. The van der Waals surface area contributed by atoms with Gasteiger partial charge in [-0.1, -0.05) is 47.5 Å². The molecule has 3 aromatic rings. The molecule has 0 saturated carbocycles. The molecule has 2 aliphatic heterocycles. The summed E-state index contributed by atoms with van der Waals surface area (Å²) in [5, 5.41) is 6.23. The third-order valence-electron chi connectivity index (χ3n) is 7.42. The Kier molecular flexibility index (Phi) is 9.51. The lowest BCUT2D eigenvalue weighted by atomic mass is 9.99. The highest BCUT2D eigenvalue weighted by molar-refractivity contribution is 6.42. The number of ether oxygens (including phenoxy) is 2. The zero-order valence-corrected chi connectivity index (χ0v) is 25.2. The maximum absolute atomic E-state index is 15.6. The molecule has 0 aromatic heterocycles. The summed E-state index contributed by atoms with van der Waals surface area (Å²) in [5.74, 6) is -1.13. The molecule has 2 heterocycles. The number of benzene rings is 3. The van der Waals surface area contributed by atoms with Gasteiger partial charge in [-0.2, -0.15) is 0 Å². The Labute approximate surface area is 258 Å². The molecule has 2 unspecified atom stereocenters. The number of hydrogen-bond donors (Lipinski definition) is 2. The number of carbonyl (C=O) groups excluding carboxylic acids is 3. The van der Waals surface area contributed by atoms with E-state index in [9.17, 15) is 14.4 Å². The van der Waals surface area contributed by atoms with Crippen molar-refractivity contribution in [1.82, 2.24) is 10.2 Å². The fourth-order valence-corrected chi connectivity index (χ4v) is 5.51. The van der Waals surface area contributed by atoms with Gasteiger partial charge in [0, 0.05) is 43.9 Å². The summed E-state index contributed by atoms with van der Waals surface area (Å²) in [6.45, 7) is 5.64. The quantitative estimate of drug-likeness (QED) is 0.362. The summed E-state index contributed by atoms with van der Waals surface area (Å²) in [6, 6.07) is 13.3. The molecule has 3 aromatic carbocycles. The average Bonchev–Trinajstić information content (AvgIpc) is 2.98. The van der Waals surface area contributed by atoms with Crippen molar-refractivity contribution in [2.24, 2.45) is 0 Å². The molecule has 3 amide bonds. The van der Waals surface area contributed by atoms with Gasteiger partial charge in [0.15, 0.2) is 6.61 Å². The van der Waals surface area contributed by atoms with Crippen molar-refractivity contribution in [1.29, 1.82) is 0 Å². The molecule has 43 heavy (non-hydrogen) atoms. The van der Waals surface area contributed by atoms with Crippen LogP contribution < -0.4 is 20.3 Å². The van der Waals surface area contributed by atoms with Gasteiger partial charge in [-0.3, -0.25) is 24.2 Å². The van der Waals surface area contributed by atoms with Crippen molar-refractivity contribution < 1.29 is 28.2 Å². The first kappa shape index (κ1) is 30.7. The Morgan fingerprint density at radius 1 is 1.02 bits per heavy atom. The minimum atomic E-state index is -0.925. The predicted molar refractivity (Wildman–Crippen MR) is 163 cm³/mol. The number of nitrogens with one attached hydrogen (secondary N) is 2. The van der Waals surface area contributed by atoms with Crippen molar-refractivity contribution in [3.05, 3.63) is 76.0 Å². The number of morpholine rings is 1. The lowest BCUT2D eigenvalue weighted by molar-refractivity contribution is -0.128. The smallest absolute Gasteiger partial charge is 0.265 e. The number of nitrogens with zero attached hydrogens (tertiary/aromatic N) is 2. The van der Waals surface area contributed by atoms with Gasteiger partial charge in [-0.05, 0) is 42.3 Å². The van der Waals surface area contributed by atoms with Gasteiger partial charge in [0.1, 0.15) is 17.6 Å². The molecule has 2 aliphatic rings. The van der Waals surface area contributed by atoms with Gasteiger partial charge in [-0.15, -0.1) is 0 Å². The van der Waals surface area contributed by atoms with Gasteiger partial charge >= 0.3 is 0 Å². The molecular weight excluding hydrogens is 598 g/mol. The number of fused-ring (bicyclic) bond motifs is 1. The Morgan fingerprint density at radius 2 is 1.72 bits per heavy atom. The van der Waals surface area contributed by atoms with E-state index in [0.29, 0.717) is 66.7 Å². The Bertz CT molecular complexity index is 1530. The van der Waals surface area contributed by atoms with Gasteiger partial charge in [0.05, 0.1) is 35.0 Å². The third kappa shape index (κ3) is 7.10. The van der Waals surface area contributed by atoms with Crippen LogP contribution in [0.15, 0.2) is 54.6 Å². The standard InChI is InChI=1S/C31H31Cl2FN4O5/c1-18(38-28-14-24(32)25(33)15-29(28)43-17-30(38)40)31(41)36-27(16-37-9-11-42-12-10-37)21-5-8-23(26(34)13-21)20-3-6-22(7-4-20)35-19(2)39/h3-8,13-15,18,27H,9-12,16-17H2,1-2H3,(H,35,39)(H,36,41). The Balaban J connectivity index is 1.40. The Morgan fingerprint density at radius 3 is 2.40 bits per heavy atom. The van der Waals surface area contributed by atoms with E-state index in [2.05, 4.69) is 15.5 Å². The fraction of sp³-hybridized carbons (Fsp3) is 0.323. The highest BCUT2D eigenvalue weighted by Gasteiger charge is 2.35. The van der Waals surface area contributed by atoms with Gasteiger partial charge in [0.2, 0.25) is 11.8 Å². The van der Waals surface area contributed by atoms with E-state index in [1.807, 2.05) is 0 Å². The summed E-state index contributed by atoms with van der Waals surface area (Å²) >= 11 is 12.4. The van der Waals surface area contributed by atoms with Crippen LogP contribution in [0.25, 0.3) is 11.1 Å². The molecule has 0 aliphatic carbocycles. The fourth-order valence-electron chi connectivity index (χ4n) is 5.19. The van der Waals surface area contributed by atoms with Crippen LogP contribution in [0.2, 0.25) is 10.0 Å². The van der Waals surface area contributed by atoms with Crippen molar-refractivity contribution in [3.63, 3.8) is 0 Å². The molecule has 0 radical (unpaired) electrons. The number of amides is 3. The van der Waals surface area contributed by atoms with Crippen molar-refractivity contribution in [2.75, 3.05) is 49.7 Å². The molecule has 1 saturated heterocycles. The predicted octanol–water partition coefficient (Wildman–Crippen LogP) is 5.06. The number of carbonyl (C=O) groups is 3. The van der Waals surface area contributed by atoms with Gasteiger partial charge in [0.25, 0.3) is 5.91 Å². The first-order valence-electron chi connectivity index (χ1n) is 13.8. The third-order valence-corrected chi connectivity index (χ3v) is 8.14. The van der Waals surface area contributed by atoms with Crippen LogP contribution >= 0.6 is 23.2 Å². The topological polar surface area (TPSA) is 100 Å². The van der Waals surface area contributed by atoms with Gasteiger partial charge in [-0.25, -0.2) is 4.39 Å². The molecule has 1 fully saturated rings. The SMILES string of the molecule is CC(=O)Nc1ccc(-c2ccc(C(CN3CCOCC3)NC(=O)C(C)N3C(=O)COc4cc(Cl)c(Cl)cc43)cc2F)cc1. The van der Waals surface area contributed by atoms with Crippen LogP contribution in [-0.2, 0) is 19.1 Å². The van der Waals surface area contributed by atoms with Crippen LogP contribution in [0.4, 0.5) is 15.8 Å². The second kappa shape index (κ2) is 13.3. The van der Waals surface area contributed by atoms with Crippen molar-refractivity contribution >= 4 is 52.3 Å².